The van der Waals surface area contributed by atoms with Gasteiger partial charge in [0, 0.05) is 13.1 Å². The van der Waals surface area contributed by atoms with Gasteiger partial charge in [-0.25, -0.2) is 8.42 Å². The Labute approximate surface area is 148 Å². The molecule has 25 heavy (non-hydrogen) atoms. The highest BCUT2D eigenvalue weighted by Gasteiger charge is 2.36. The number of carbonyl (C=O) groups is 1. The Bertz CT molecular complexity index is 708. The number of alkyl halides is 3. The molecule has 1 saturated heterocycles. The quantitative estimate of drug-likeness (QED) is 0.758. The van der Waals surface area contributed by atoms with Crippen LogP contribution in [0.15, 0.2) is 0 Å². The molecule has 1 aliphatic rings. The minimum Gasteiger partial charge on any atom is -0.342 e. The van der Waals surface area contributed by atoms with Gasteiger partial charge in [-0.3, -0.25) is 4.79 Å². The summed E-state index contributed by atoms with van der Waals surface area (Å²) in [5.41, 5.74) is 0. The molecule has 0 aromatic carbocycles. The van der Waals surface area contributed by atoms with Crippen LogP contribution in [0.25, 0.3) is 0 Å². The average molecular weight is 399 g/mol. The highest BCUT2D eigenvalue weighted by atomic mass is 32.2. The Morgan fingerprint density at radius 1 is 1.28 bits per heavy atom. The Morgan fingerprint density at radius 3 is 2.36 bits per heavy atom. The highest BCUT2D eigenvalue weighted by Crippen LogP contribution is 2.31. The number of likely N-dealkylation sites (tertiary alicyclic amines) is 1. The molecule has 0 N–H and O–H groups in total. The maximum absolute atomic E-state index is 12.5. The summed E-state index contributed by atoms with van der Waals surface area (Å²) in [6.45, 7) is 4.10. The first kappa shape index (κ1) is 20.1. The zero-order valence-corrected chi connectivity index (χ0v) is 15.5. The second-order valence-electron chi connectivity index (χ2n) is 6.38. The van der Waals surface area contributed by atoms with Gasteiger partial charge in [0.1, 0.15) is 5.01 Å². The zero-order valence-electron chi connectivity index (χ0n) is 13.9. The van der Waals surface area contributed by atoms with Gasteiger partial charge in [-0.2, -0.15) is 13.2 Å². The lowest BCUT2D eigenvalue weighted by atomic mass is 9.99. The molecule has 6 nitrogen and oxygen atoms in total. The Morgan fingerprint density at radius 2 is 1.88 bits per heavy atom. The second-order valence-corrected chi connectivity index (χ2v) is 10.0. The van der Waals surface area contributed by atoms with E-state index in [0.29, 0.717) is 37.3 Å². The lowest BCUT2D eigenvalue weighted by Gasteiger charge is -2.32. The summed E-state index contributed by atoms with van der Waals surface area (Å²) in [6, 6.07) is 0. The van der Waals surface area contributed by atoms with E-state index in [0.717, 1.165) is 0 Å². The molecule has 1 aliphatic heterocycles. The first-order valence-electron chi connectivity index (χ1n) is 7.88. The number of piperidine rings is 1. The number of hydrogen-bond acceptors (Lipinski definition) is 6. The molecular weight excluding hydrogens is 379 g/mol. The number of rotatable bonds is 5. The molecule has 0 unspecified atom stereocenters. The van der Waals surface area contributed by atoms with Gasteiger partial charge in [-0.1, -0.05) is 11.3 Å². The van der Waals surface area contributed by atoms with Crippen molar-refractivity contribution in [1.29, 1.82) is 0 Å². The van der Waals surface area contributed by atoms with Crippen molar-refractivity contribution < 1.29 is 26.4 Å². The summed E-state index contributed by atoms with van der Waals surface area (Å²) in [6.07, 6.45) is -3.63. The van der Waals surface area contributed by atoms with Crippen LogP contribution >= 0.6 is 11.3 Å². The first-order chi connectivity index (χ1) is 11.5. The molecule has 0 atom stereocenters. The van der Waals surface area contributed by atoms with Crippen molar-refractivity contribution in [2.24, 2.45) is 5.92 Å². The Hall–Kier alpha value is -1.23. The van der Waals surface area contributed by atoms with E-state index in [-0.39, 0.29) is 29.0 Å². The summed E-state index contributed by atoms with van der Waals surface area (Å²) in [5, 5.41) is 5.03. The molecule has 1 fully saturated rings. The normalized spacial score (nSPS) is 17.3. The minimum atomic E-state index is -4.56. The standard InChI is InChI=1S/C14H20F3N3O3S2/c1-9(2)25(22,23)8-10-3-5-20(6-4-10)12(21)7-11-18-19-13(24-11)14(15,16)17/h9-10H,3-8H2,1-2H3. The predicted octanol–water partition coefficient (Wildman–Crippen LogP) is 2.16. The fraction of sp³-hybridized carbons (Fsp3) is 0.786. The maximum Gasteiger partial charge on any atom is 0.445 e. The van der Waals surface area contributed by atoms with Gasteiger partial charge in [0.05, 0.1) is 17.4 Å². The van der Waals surface area contributed by atoms with Crippen molar-refractivity contribution in [3.05, 3.63) is 10.0 Å². The summed E-state index contributed by atoms with van der Waals surface area (Å²) < 4.78 is 61.4. The number of amides is 1. The van der Waals surface area contributed by atoms with E-state index in [1.165, 1.54) is 0 Å². The van der Waals surface area contributed by atoms with Crippen LogP contribution in [0, 0.1) is 5.92 Å². The molecule has 1 aromatic heterocycles. The molecule has 0 radical (unpaired) electrons. The summed E-state index contributed by atoms with van der Waals surface area (Å²) >= 11 is 0.370. The van der Waals surface area contributed by atoms with Crippen LogP contribution in [0.5, 0.6) is 0 Å². The molecule has 0 bridgehead atoms. The Balaban J connectivity index is 1.86. The highest BCUT2D eigenvalue weighted by molar-refractivity contribution is 7.91. The van der Waals surface area contributed by atoms with Gasteiger partial charge in [0.15, 0.2) is 9.84 Å². The third-order valence-corrected chi connectivity index (χ3v) is 7.51. The summed E-state index contributed by atoms with van der Waals surface area (Å²) in [5.74, 6) is -0.192. The first-order valence-corrected chi connectivity index (χ1v) is 10.4. The van der Waals surface area contributed by atoms with Gasteiger partial charge in [0.25, 0.3) is 0 Å². The topological polar surface area (TPSA) is 80.2 Å². The van der Waals surface area contributed by atoms with E-state index in [2.05, 4.69) is 10.2 Å². The van der Waals surface area contributed by atoms with Crippen molar-refractivity contribution in [1.82, 2.24) is 15.1 Å². The lowest BCUT2D eigenvalue weighted by molar-refractivity contribution is -0.138. The van der Waals surface area contributed by atoms with Crippen molar-refractivity contribution in [3.63, 3.8) is 0 Å². The van der Waals surface area contributed by atoms with Crippen molar-refractivity contribution in [2.75, 3.05) is 18.8 Å². The number of carbonyl (C=O) groups excluding carboxylic acids is 1. The average Bonchev–Trinajstić information content (AvgIpc) is 2.96. The van der Waals surface area contributed by atoms with Crippen LogP contribution in [0.4, 0.5) is 13.2 Å². The largest absolute Gasteiger partial charge is 0.445 e. The molecule has 1 aromatic rings. The van der Waals surface area contributed by atoms with Gasteiger partial charge < -0.3 is 4.90 Å². The molecule has 142 valence electrons. The Kier molecular flexibility index (Phi) is 6.08. The molecule has 0 spiro atoms. The molecule has 1 amide bonds. The zero-order chi connectivity index (χ0) is 18.8. The molecule has 0 saturated carbocycles. The fourth-order valence-electron chi connectivity index (χ4n) is 2.55. The number of sulfone groups is 1. The van der Waals surface area contributed by atoms with Crippen LogP contribution < -0.4 is 0 Å². The van der Waals surface area contributed by atoms with Crippen molar-refractivity contribution in [2.45, 2.75) is 44.5 Å². The van der Waals surface area contributed by atoms with Gasteiger partial charge in [-0.15, -0.1) is 10.2 Å². The molecule has 0 aliphatic carbocycles. The van der Waals surface area contributed by atoms with Crippen molar-refractivity contribution >= 4 is 27.1 Å². The van der Waals surface area contributed by atoms with E-state index in [9.17, 15) is 26.4 Å². The maximum atomic E-state index is 12.5. The fourth-order valence-corrected chi connectivity index (χ4v) is 4.62. The third-order valence-electron chi connectivity index (χ3n) is 4.17. The third kappa shape index (κ3) is 5.37. The molecule has 11 heteroatoms. The van der Waals surface area contributed by atoms with Crippen LogP contribution in [0.3, 0.4) is 0 Å². The smallest absolute Gasteiger partial charge is 0.342 e. The van der Waals surface area contributed by atoms with E-state index in [1.54, 1.807) is 18.7 Å². The number of aromatic nitrogens is 2. The number of halogens is 3. The van der Waals surface area contributed by atoms with Crippen LogP contribution in [0.1, 0.15) is 36.7 Å². The predicted molar refractivity (Wildman–Crippen MR) is 86.8 cm³/mol. The molecule has 2 heterocycles. The summed E-state index contributed by atoms with van der Waals surface area (Å²) in [4.78, 5) is 13.7. The molecule has 2 rings (SSSR count). The van der Waals surface area contributed by atoms with Gasteiger partial charge >= 0.3 is 6.18 Å². The second kappa shape index (κ2) is 7.56. The van der Waals surface area contributed by atoms with E-state index in [1.807, 2.05) is 0 Å². The van der Waals surface area contributed by atoms with E-state index < -0.39 is 26.3 Å². The summed E-state index contributed by atoms with van der Waals surface area (Å²) in [7, 11) is -3.12. The van der Waals surface area contributed by atoms with Crippen LogP contribution in [0.2, 0.25) is 0 Å². The van der Waals surface area contributed by atoms with Crippen molar-refractivity contribution in [3.8, 4) is 0 Å². The number of hydrogen-bond donors (Lipinski definition) is 0. The minimum absolute atomic E-state index is 0.00908. The van der Waals surface area contributed by atoms with Crippen LogP contribution in [-0.2, 0) is 27.2 Å². The van der Waals surface area contributed by atoms with Gasteiger partial charge in [-0.05, 0) is 32.6 Å². The van der Waals surface area contributed by atoms with Crippen LogP contribution in [-0.4, -0.2) is 53.5 Å². The molecular formula is C14H20F3N3O3S2. The SMILES string of the molecule is CC(C)S(=O)(=O)CC1CCN(C(=O)Cc2nnc(C(F)(F)F)s2)CC1. The number of nitrogens with zero attached hydrogens (tertiary/aromatic N) is 3. The van der Waals surface area contributed by atoms with E-state index in [4.69, 9.17) is 0 Å². The lowest BCUT2D eigenvalue weighted by Crippen LogP contribution is -2.41. The van der Waals surface area contributed by atoms with Gasteiger partial charge in [0.2, 0.25) is 10.9 Å². The monoisotopic (exact) mass is 399 g/mol. The van der Waals surface area contributed by atoms with E-state index >= 15 is 0 Å².